The number of carbonyl (C=O) groups excluding carboxylic acids is 1. The second kappa shape index (κ2) is 6.78. The van der Waals surface area contributed by atoms with E-state index in [1.807, 2.05) is 27.0 Å². The van der Waals surface area contributed by atoms with E-state index in [1.165, 1.54) is 0 Å². The zero-order valence-corrected chi connectivity index (χ0v) is 11.2. The average Bonchev–Trinajstić information content (AvgIpc) is 2.23. The number of nitrogens with one attached hydrogen (secondary N) is 1. The number of carboxylic acid groups (broad SMARTS) is 1. The third kappa shape index (κ3) is 4.88. The van der Waals surface area contributed by atoms with E-state index in [4.69, 9.17) is 5.11 Å². The largest absolute Gasteiger partial charge is 0.480 e. The Balaban J connectivity index is 4.40. The van der Waals surface area contributed by atoms with Crippen molar-refractivity contribution in [2.45, 2.75) is 39.7 Å². The molecule has 0 aliphatic carbocycles. The van der Waals surface area contributed by atoms with Crippen LogP contribution in [0.4, 0.5) is 0 Å². The third-order valence-corrected chi connectivity index (χ3v) is 3.36. The zero-order chi connectivity index (χ0) is 12.8. The smallest absolute Gasteiger partial charge is 0.326 e. The van der Waals surface area contributed by atoms with Crippen molar-refractivity contribution in [3.63, 3.8) is 0 Å². The highest BCUT2D eigenvalue weighted by molar-refractivity contribution is 7.98. The first-order chi connectivity index (χ1) is 7.35. The van der Waals surface area contributed by atoms with Gasteiger partial charge in [-0.05, 0) is 24.9 Å². The van der Waals surface area contributed by atoms with Crippen molar-refractivity contribution in [1.29, 1.82) is 0 Å². The summed E-state index contributed by atoms with van der Waals surface area (Å²) in [6, 6.07) is -0.772. The maximum Gasteiger partial charge on any atom is 0.326 e. The lowest BCUT2D eigenvalue weighted by atomic mass is 9.89. The summed E-state index contributed by atoms with van der Waals surface area (Å²) in [7, 11) is 0. The van der Waals surface area contributed by atoms with Gasteiger partial charge in [0.2, 0.25) is 5.91 Å². The number of carbonyl (C=O) groups is 2. The summed E-state index contributed by atoms with van der Waals surface area (Å²) in [6.07, 6.45) is 3.06. The molecule has 5 heteroatoms. The van der Waals surface area contributed by atoms with E-state index in [2.05, 4.69) is 5.32 Å². The van der Waals surface area contributed by atoms with Crippen molar-refractivity contribution >= 4 is 23.6 Å². The Morgan fingerprint density at radius 2 is 2.00 bits per heavy atom. The van der Waals surface area contributed by atoms with Crippen LogP contribution in [0.15, 0.2) is 0 Å². The SMILES string of the molecule is CCC(C)(C)C(=O)N[C@H](CCSC)C(=O)O. The van der Waals surface area contributed by atoms with Gasteiger partial charge >= 0.3 is 5.97 Å². The highest BCUT2D eigenvalue weighted by atomic mass is 32.2. The van der Waals surface area contributed by atoms with Crippen molar-refractivity contribution in [2.24, 2.45) is 5.41 Å². The molecule has 2 N–H and O–H groups in total. The number of carboxylic acids is 1. The van der Waals surface area contributed by atoms with Gasteiger partial charge in [0.05, 0.1) is 0 Å². The Morgan fingerprint density at radius 3 is 2.38 bits per heavy atom. The van der Waals surface area contributed by atoms with Crippen LogP contribution in [-0.4, -0.2) is 35.0 Å². The van der Waals surface area contributed by atoms with E-state index in [9.17, 15) is 9.59 Å². The summed E-state index contributed by atoms with van der Waals surface area (Å²) < 4.78 is 0. The summed E-state index contributed by atoms with van der Waals surface area (Å²) in [4.78, 5) is 22.7. The van der Waals surface area contributed by atoms with Gasteiger partial charge in [0.25, 0.3) is 0 Å². The Kier molecular flexibility index (Phi) is 6.48. The Morgan fingerprint density at radius 1 is 1.44 bits per heavy atom. The van der Waals surface area contributed by atoms with Gasteiger partial charge in [0.15, 0.2) is 0 Å². The van der Waals surface area contributed by atoms with Gasteiger partial charge in [-0.15, -0.1) is 0 Å². The van der Waals surface area contributed by atoms with E-state index in [-0.39, 0.29) is 5.91 Å². The molecule has 4 nitrogen and oxygen atoms in total. The van der Waals surface area contributed by atoms with E-state index < -0.39 is 17.4 Å². The lowest BCUT2D eigenvalue weighted by molar-refractivity contribution is -0.143. The van der Waals surface area contributed by atoms with Crippen molar-refractivity contribution < 1.29 is 14.7 Å². The molecule has 0 aromatic rings. The van der Waals surface area contributed by atoms with Crippen LogP contribution in [0.1, 0.15) is 33.6 Å². The number of rotatable bonds is 7. The molecule has 0 fully saturated rings. The molecule has 0 saturated carbocycles. The highest BCUT2D eigenvalue weighted by Crippen LogP contribution is 2.20. The standard InChI is InChI=1S/C11H21NO3S/c1-5-11(2,3)10(15)12-8(9(13)14)6-7-16-4/h8H,5-7H2,1-4H3,(H,12,15)(H,13,14)/t8-/m1/s1. The fraction of sp³-hybridized carbons (Fsp3) is 0.818. The van der Waals surface area contributed by atoms with Crippen molar-refractivity contribution in [3.8, 4) is 0 Å². The van der Waals surface area contributed by atoms with Crippen LogP contribution in [0.2, 0.25) is 0 Å². The number of amides is 1. The van der Waals surface area contributed by atoms with Gasteiger partial charge in [-0.25, -0.2) is 4.79 Å². The molecule has 0 saturated heterocycles. The summed E-state index contributed by atoms with van der Waals surface area (Å²) in [5.41, 5.74) is -0.507. The molecule has 0 unspecified atom stereocenters. The van der Waals surface area contributed by atoms with E-state index in [1.54, 1.807) is 11.8 Å². The summed E-state index contributed by atoms with van der Waals surface area (Å²) in [6.45, 7) is 5.54. The summed E-state index contributed by atoms with van der Waals surface area (Å²) in [5.74, 6) is -0.429. The fourth-order valence-corrected chi connectivity index (χ4v) is 1.48. The van der Waals surface area contributed by atoms with E-state index in [0.29, 0.717) is 12.8 Å². The number of hydrogen-bond donors (Lipinski definition) is 2. The van der Waals surface area contributed by atoms with Crippen LogP contribution in [0, 0.1) is 5.41 Å². The van der Waals surface area contributed by atoms with Gasteiger partial charge < -0.3 is 10.4 Å². The molecule has 0 aromatic heterocycles. The normalized spacial score (nSPS) is 13.2. The average molecular weight is 247 g/mol. The summed E-state index contributed by atoms with van der Waals surface area (Å²) in [5, 5.41) is 11.6. The van der Waals surface area contributed by atoms with Crippen LogP contribution in [-0.2, 0) is 9.59 Å². The summed E-state index contributed by atoms with van der Waals surface area (Å²) >= 11 is 1.57. The van der Waals surface area contributed by atoms with Crippen LogP contribution in [0.5, 0.6) is 0 Å². The maximum atomic E-state index is 11.8. The lowest BCUT2D eigenvalue weighted by Crippen LogP contribution is -2.46. The van der Waals surface area contributed by atoms with Gasteiger partial charge in [0.1, 0.15) is 6.04 Å². The van der Waals surface area contributed by atoms with Crippen LogP contribution in [0.25, 0.3) is 0 Å². The third-order valence-electron chi connectivity index (χ3n) is 2.71. The molecule has 0 radical (unpaired) electrons. The Hall–Kier alpha value is -0.710. The van der Waals surface area contributed by atoms with Gasteiger partial charge in [-0.3, -0.25) is 4.79 Å². The first-order valence-electron chi connectivity index (χ1n) is 5.38. The highest BCUT2D eigenvalue weighted by Gasteiger charge is 2.29. The Bertz CT molecular complexity index is 254. The zero-order valence-electron chi connectivity index (χ0n) is 10.4. The van der Waals surface area contributed by atoms with Crippen molar-refractivity contribution in [1.82, 2.24) is 5.32 Å². The second-order valence-corrected chi connectivity index (χ2v) is 5.37. The molecule has 0 rings (SSSR count). The second-order valence-electron chi connectivity index (χ2n) is 4.38. The van der Waals surface area contributed by atoms with Crippen LogP contribution in [0.3, 0.4) is 0 Å². The van der Waals surface area contributed by atoms with Crippen LogP contribution < -0.4 is 5.32 Å². The molecule has 0 aliphatic heterocycles. The van der Waals surface area contributed by atoms with Crippen LogP contribution >= 0.6 is 11.8 Å². The fourth-order valence-electron chi connectivity index (χ4n) is 1.01. The first kappa shape index (κ1) is 15.3. The molecular weight excluding hydrogens is 226 g/mol. The molecule has 0 aromatic carbocycles. The Labute approximate surface area is 101 Å². The minimum Gasteiger partial charge on any atom is -0.480 e. The lowest BCUT2D eigenvalue weighted by Gasteiger charge is -2.24. The van der Waals surface area contributed by atoms with Gasteiger partial charge in [-0.2, -0.15) is 11.8 Å². The molecule has 0 bridgehead atoms. The maximum absolute atomic E-state index is 11.8. The number of hydrogen-bond acceptors (Lipinski definition) is 3. The molecule has 16 heavy (non-hydrogen) atoms. The van der Waals surface area contributed by atoms with E-state index in [0.717, 1.165) is 5.75 Å². The molecule has 1 atom stereocenters. The minimum atomic E-state index is -0.964. The topological polar surface area (TPSA) is 66.4 Å². The molecule has 1 amide bonds. The van der Waals surface area contributed by atoms with Gasteiger partial charge in [-0.1, -0.05) is 20.8 Å². The molecule has 0 spiro atoms. The number of aliphatic carboxylic acids is 1. The van der Waals surface area contributed by atoms with Crippen molar-refractivity contribution in [2.75, 3.05) is 12.0 Å². The molecule has 94 valence electrons. The predicted octanol–water partition coefficient (Wildman–Crippen LogP) is 1.75. The predicted molar refractivity (Wildman–Crippen MR) is 66.6 cm³/mol. The van der Waals surface area contributed by atoms with E-state index >= 15 is 0 Å². The quantitative estimate of drug-likeness (QED) is 0.719. The molecule has 0 aliphatic rings. The number of thioether (sulfide) groups is 1. The molecule has 0 heterocycles. The minimum absolute atomic E-state index is 0.191. The monoisotopic (exact) mass is 247 g/mol. The molecular formula is C11H21NO3S. The first-order valence-corrected chi connectivity index (χ1v) is 6.77. The van der Waals surface area contributed by atoms with Gasteiger partial charge in [0, 0.05) is 5.41 Å². The van der Waals surface area contributed by atoms with Crippen molar-refractivity contribution in [3.05, 3.63) is 0 Å².